The summed E-state index contributed by atoms with van der Waals surface area (Å²) < 4.78 is 3.29. The Bertz CT molecular complexity index is 1220. The molecule has 2 aromatic heterocycles. The molecule has 1 unspecified atom stereocenters. The standard InChI is InChI=1S/C23H21N5S/c1-16-26-23(24)13-21(18-7-8-20-22(12-18)29-15-25-20)28(16)14-17-5-4-6-19(11-17)27-9-2-3-10-27/h2-13,15-16H,14H2,1H3,(H2,24,26). The number of aromatic nitrogens is 2. The lowest BCUT2D eigenvalue weighted by molar-refractivity contribution is 0.309. The van der Waals surface area contributed by atoms with E-state index in [4.69, 9.17) is 5.73 Å². The van der Waals surface area contributed by atoms with E-state index in [-0.39, 0.29) is 6.17 Å². The molecule has 0 saturated heterocycles. The molecule has 1 aliphatic heterocycles. The van der Waals surface area contributed by atoms with Crippen molar-refractivity contribution in [2.24, 2.45) is 10.7 Å². The average Bonchev–Trinajstić information content (AvgIpc) is 3.41. The van der Waals surface area contributed by atoms with Crippen LogP contribution in [0.2, 0.25) is 0 Å². The SMILES string of the molecule is CC1N=C(N)C=C(c2ccc3ncsc3c2)N1Cc1cccc(-n2cccc2)c1. The Morgan fingerprint density at radius 1 is 1.07 bits per heavy atom. The number of thiazole rings is 1. The maximum absolute atomic E-state index is 6.12. The van der Waals surface area contributed by atoms with Crippen LogP contribution in [0.25, 0.3) is 21.6 Å². The molecule has 6 heteroatoms. The smallest absolute Gasteiger partial charge is 0.122 e. The molecule has 144 valence electrons. The van der Waals surface area contributed by atoms with E-state index >= 15 is 0 Å². The second-order valence-electron chi connectivity index (χ2n) is 7.14. The van der Waals surface area contributed by atoms with Gasteiger partial charge in [0, 0.05) is 36.4 Å². The monoisotopic (exact) mass is 399 g/mol. The van der Waals surface area contributed by atoms with Crippen molar-refractivity contribution < 1.29 is 0 Å². The molecule has 0 spiro atoms. The Morgan fingerprint density at radius 3 is 2.79 bits per heavy atom. The van der Waals surface area contributed by atoms with Gasteiger partial charge in [0.1, 0.15) is 12.0 Å². The summed E-state index contributed by atoms with van der Waals surface area (Å²) in [6.07, 6.45) is 6.05. The Hall–Kier alpha value is -3.38. The summed E-state index contributed by atoms with van der Waals surface area (Å²) in [5.41, 5.74) is 13.6. The highest BCUT2D eigenvalue weighted by molar-refractivity contribution is 7.16. The predicted octanol–water partition coefficient (Wildman–Crippen LogP) is 4.65. The van der Waals surface area contributed by atoms with Gasteiger partial charge in [-0.05, 0) is 54.4 Å². The molecule has 5 rings (SSSR count). The van der Waals surface area contributed by atoms with E-state index in [1.807, 2.05) is 23.7 Å². The topological polar surface area (TPSA) is 59.4 Å². The summed E-state index contributed by atoms with van der Waals surface area (Å²) in [4.78, 5) is 11.3. The summed E-state index contributed by atoms with van der Waals surface area (Å²) in [6, 6.07) is 19.0. The summed E-state index contributed by atoms with van der Waals surface area (Å²) in [6.45, 7) is 2.83. The lowest BCUT2D eigenvalue weighted by atomic mass is 10.1. The number of aliphatic imine (C=N–C) groups is 1. The molecule has 0 radical (unpaired) electrons. The van der Waals surface area contributed by atoms with Crippen LogP contribution >= 0.6 is 11.3 Å². The Labute approximate surface area is 173 Å². The second-order valence-corrected chi connectivity index (χ2v) is 8.02. The number of benzene rings is 2. The summed E-state index contributed by atoms with van der Waals surface area (Å²) in [5, 5.41) is 0. The molecule has 5 nitrogen and oxygen atoms in total. The van der Waals surface area contributed by atoms with Gasteiger partial charge < -0.3 is 15.2 Å². The second kappa shape index (κ2) is 7.22. The van der Waals surface area contributed by atoms with E-state index in [2.05, 4.69) is 81.2 Å². The molecule has 0 bridgehead atoms. The van der Waals surface area contributed by atoms with E-state index in [1.54, 1.807) is 11.3 Å². The predicted molar refractivity (Wildman–Crippen MR) is 120 cm³/mol. The van der Waals surface area contributed by atoms with Crippen LogP contribution in [0.4, 0.5) is 0 Å². The first kappa shape index (κ1) is 17.7. The van der Waals surface area contributed by atoms with Gasteiger partial charge in [-0.1, -0.05) is 18.2 Å². The van der Waals surface area contributed by atoms with Crippen LogP contribution in [0.3, 0.4) is 0 Å². The van der Waals surface area contributed by atoms with Crippen molar-refractivity contribution in [1.82, 2.24) is 14.5 Å². The molecule has 1 atom stereocenters. The van der Waals surface area contributed by atoms with Crippen molar-refractivity contribution in [3.8, 4) is 5.69 Å². The van der Waals surface area contributed by atoms with Crippen molar-refractivity contribution in [3.63, 3.8) is 0 Å². The Balaban J connectivity index is 1.50. The maximum atomic E-state index is 6.12. The number of hydrogen-bond donors (Lipinski definition) is 1. The minimum absolute atomic E-state index is 0.0395. The van der Waals surface area contributed by atoms with Crippen molar-refractivity contribution in [2.45, 2.75) is 19.6 Å². The fourth-order valence-corrected chi connectivity index (χ4v) is 4.46. The van der Waals surface area contributed by atoms with Crippen molar-refractivity contribution >= 4 is 33.1 Å². The molecule has 4 aromatic rings. The van der Waals surface area contributed by atoms with Crippen LogP contribution in [0, 0.1) is 0 Å². The van der Waals surface area contributed by atoms with Gasteiger partial charge in [-0.2, -0.15) is 0 Å². The highest BCUT2D eigenvalue weighted by Crippen LogP contribution is 2.30. The molecule has 0 amide bonds. The van der Waals surface area contributed by atoms with Gasteiger partial charge in [0.05, 0.1) is 15.7 Å². The van der Waals surface area contributed by atoms with Gasteiger partial charge >= 0.3 is 0 Å². The minimum atomic E-state index is -0.0395. The third-order valence-electron chi connectivity index (χ3n) is 5.17. The third-order valence-corrected chi connectivity index (χ3v) is 5.97. The fraction of sp³-hybridized carbons (Fsp3) is 0.130. The van der Waals surface area contributed by atoms with Crippen LogP contribution in [0.1, 0.15) is 18.1 Å². The molecule has 0 fully saturated rings. The van der Waals surface area contributed by atoms with E-state index in [0.717, 1.165) is 29.0 Å². The number of nitrogens with two attached hydrogens (primary N) is 1. The normalized spacial score (nSPS) is 16.7. The van der Waals surface area contributed by atoms with Crippen molar-refractivity contribution in [1.29, 1.82) is 0 Å². The molecule has 3 heterocycles. The summed E-state index contributed by atoms with van der Waals surface area (Å²) in [7, 11) is 0. The first-order valence-corrected chi connectivity index (χ1v) is 10.4. The Morgan fingerprint density at radius 2 is 1.93 bits per heavy atom. The highest BCUT2D eigenvalue weighted by atomic mass is 32.1. The van der Waals surface area contributed by atoms with Gasteiger partial charge in [0.2, 0.25) is 0 Å². The van der Waals surface area contributed by atoms with Gasteiger partial charge in [-0.25, -0.2) is 9.98 Å². The number of rotatable bonds is 4. The lowest BCUT2D eigenvalue weighted by Gasteiger charge is -2.34. The summed E-state index contributed by atoms with van der Waals surface area (Å²) in [5.74, 6) is 0.564. The van der Waals surface area contributed by atoms with Crippen molar-refractivity contribution in [3.05, 3.63) is 89.7 Å². The lowest BCUT2D eigenvalue weighted by Crippen LogP contribution is -2.35. The van der Waals surface area contributed by atoms with Gasteiger partial charge in [0.15, 0.2) is 0 Å². The zero-order valence-corrected chi connectivity index (χ0v) is 16.9. The number of nitrogens with zero attached hydrogens (tertiary/aromatic N) is 4. The molecule has 2 N–H and O–H groups in total. The van der Waals surface area contributed by atoms with Crippen LogP contribution in [-0.2, 0) is 6.54 Å². The van der Waals surface area contributed by atoms with Crippen LogP contribution in [0.5, 0.6) is 0 Å². The molecule has 2 aromatic carbocycles. The quantitative estimate of drug-likeness (QED) is 0.543. The van der Waals surface area contributed by atoms with Crippen molar-refractivity contribution in [2.75, 3.05) is 0 Å². The molecule has 0 aliphatic carbocycles. The zero-order chi connectivity index (χ0) is 19.8. The van der Waals surface area contributed by atoms with E-state index < -0.39 is 0 Å². The number of hydrogen-bond acceptors (Lipinski definition) is 5. The summed E-state index contributed by atoms with van der Waals surface area (Å²) >= 11 is 1.65. The molecular formula is C23H21N5S. The van der Waals surface area contributed by atoms with Gasteiger partial charge in [-0.15, -0.1) is 11.3 Å². The highest BCUT2D eigenvalue weighted by Gasteiger charge is 2.23. The first-order chi connectivity index (χ1) is 14.2. The zero-order valence-electron chi connectivity index (χ0n) is 16.1. The third kappa shape index (κ3) is 3.43. The minimum Gasteiger partial charge on any atom is -0.384 e. The van der Waals surface area contributed by atoms with E-state index in [9.17, 15) is 0 Å². The molecular weight excluding hydrogens is 378 g/mol. The maximum Gasteiger partial charge on any atom is 0.122 e. The van der Waals surface area contributed by atoms with E-state index in [0.29, 0.717) is 5.84 Å². The van der Waals surface area contributed by atoms with Gasteiger partial charge in [0.25, 0.3) is 0 Å². The number of amidine groups is 1. The first-order valence-electron chi connectivity index (χ1n) is 9.55. The van der Waals surface area contributed by atoms with Crippen LogP contribution < -0.4 is 5.73 Å². The van der Waals surface area contributed by atoms with Gasteiger partial charge in [-0.3, -0.25) is 0 Å². The molecule has 1 aliphatic rings. The van der Waals surface area contributed by atoms with Crippen LogP contribution in [0.15, 0.2) is 83.6 Å². The van der Waals surface area contributed by atoms with Crippen LogP contribution in [-0.4, -0.2) is 26.5 Å². The molecule has 29 heavy (non-hydrogen) atoms. The molecule has 0 saturated carbocycles. The largest absolute Gasteiger partial charge is 0.384 e. The fourth-order valence-electron chi connectivity index (χ4n) is 3.75. The average molecular weight is 400 g/mol. The van der Waals surface area contributed by atoms with E-state index in [1.165, 1.54) is 10.3 Å². The number of fused-ring (bicyclic) bond motifs is 1. The Kier molecular flexibility index (Phi) is 4.41.